The molecule has 3 N–H and O–H groups in total. The fraction of sp³-hybridized carbons (Fsp3) is 0.286. The van der Waals surface area contributed by atoms with Gasteiger partial charge in [0.15, 0.2) is 0 Å². The van der Waals surface area contributed by atoms with Crippen LogP contribution in [0.3, 0.4) is 0 Å². The first-order valence-corrected chi connectivity index (χ1v) is 7.31. The summed E-state index contributed by atoms with van der Waals surface area (Å²) >= 11 is 1.63. The van der Waals surface area contributed by atoms with E-state index in [1.54, 1.807) is 29.7 Å². The Bertz CT molecular complexity index is 592. The van der Waals surface area contributed by atoms with Crippen LogP contribution in [0.1, 0.15) is 15.5 Å². The van der Waals surface area contributed by atoms with Crippen LogP contribution in [0.25, 0.3) is 0 Å². The monoisotopic (exact) mass is 307 g/mol. The van der Waals surface area contributed by atoms with Gasteiger partial charge < -0.3 is 20.4 Å². The zero-order valence-corrected chi connectivity index (χ0v) is 12.5. The SMILES string of the molecule is Cc1ccc(CNC(=O)NCC(=O)NCc2ccco2)s1. The number of hydrogen-bond acceptors (Lipinski definition) is 4. The normalized spacial score (nSPS) is 10.1. The van der Waals surface area contributed by atoms with Crippen LogP contribution < -0.4 is 16.0 Å². The molecule has 7 heteroatoms. The summed E-state index contributed by atoms with van der Waals surface area (Å²) in [6, 6.07) is 7.12. The quantitative estimate of drug-likeness (QED) is 0.760. The lowest BCUT2D eigenvalue weighted by Crippen LogP contribution is -2.41. The van der Waals surface area contributed by atoms with E-state index >= 15 is 0 Å². The number of urea groups is 1. The van der Waals surface area contributed by atoms with Gasteiger partial charge in [-0.25, -0.2) is 4.79 Å². The van der Waals surface area contributed by atoms with Gasteiger partial charge in [-0.2, -0.15) is 0 Å². The number of carbonyl (C=O) groups is 2. The number of carbonyl (C=O) groups excluding carboxylic acids is 2. The molecule has 21 heavy (non-hydrogen) atoms. The van der Waals surface area contributed by atoms with E-state index in [4.69, 9.17) is 4.42 Å². The van der Waals surface area contributed by atoms with Crippen LogP contribution >= 0.6 is 11.3 Å². The smallest absolute Gasteiger partial charge is 0.315 e. The minimum absolute atomic E-state index is 0.0734. The maximum atomic E-state index is 11.5. The van der Waals surface area contributed by atoms with Gasteiger partial charge in [0.05, 0.1) is 25.9 Å². The molecule has 2 aromatic heterocycles. The lowest BCUT2D eigenvalue weighted by molar-refractivity contribution is -0.120. The molecule has 0 aromatic carbocycles. The lowest BCUT2D eigenvalue weighted by Gasteiger charge is -2.07. The first-order valence-electron chi connectivity index (χ1n) is 6.49. The maximum Gasteiger partial charge on any atom is 0.315 e. The van der Waals surface area contributed by atoms with Gasteiger partial charge in [0.25, 0.3) is 0 Å². The molecule has 0 saturated heterocycles. The molecular weight excluding hydrogens is 290 g/mol. The molecule has 0 aliphatic rings. The first-order chi connectivity index (χ1) is 10.1. The summed E-state index contributed by atoms with van der Waals surface area (Å²) in [7, 11) is 0. The molecule has 2 rings (SSSR count). The van der Waals surface area contributed by atoms with E-state index in [0.717, 1.165) is 4.88 Å². The molecule has 3 amide bonds. The summed E-state index contributed by atoms with van der Waals surface area (Å²) < 4.78 is 5.09. The second kappa shape index (κ2) is 7.49. The molecule has 0 atom stereocenters. The topological polar surface area (TPSA) is 83.4 Å². The summed E-state index contributed by atoms with van der Waals surface area (Å²) in [5, 5.41) is 7.85. The predicted octanol–water partition coefficient (Wildman–Crippen LogP) is 1.77. The van der Waals surface area contributed by atoms with Gasteiger partial charge in [-0.05, 0) is 31.2 Å². The minimum atomic E-state index is -0.366. The Morgan fingerprint density at radius 3 is 2.67 bits per heavy atom. The summed E-state index contributed by atoms with van der Waals surface area (Å²) in [4.78, 5) is 25.3. The number of furan rings is 1. The van der Waals surface area contributed by atoms with Gasteiger partial charge in [-0.3, -0.25) is 4.79 Å². The lowest BCUT2D eigenvalue weighted by atomic mass is 10.4. The van der Waals surface area contributed by atoms with Gasteiger partial charge in [0, 0.05) is 9.75 Å². The Balaban J connectivity index is 1.60. The van der Waals surface area contributed by atoms with Crippen molar-refractivity contribution in [2.75, 3.05) is 6.54 Å². The van der Waals surface area contributed by atoms with Crippen molar-refractivity contribution in [3.63, 3.8) is 0 Å². The highest BCUT2D eigenvalue weighted by molar-refractivity contribution is 7.11. The number of thiophene rings is 1. The summed E-state index contributed by atoms with van der Waals surface area (Å²) in [5.41, 5.74) is 0. The molecule has 0 aliphatic heterocycles. The van der Waals surface area contributed by atoms with E-state index in [1.807, 2.05) is 19.1 Å². The third-order valence-electron chi connectivity index (χ3n) is 2.67. The van der Waals surface area contributed by atoms with Crippen LogP contribution in [0.15, 0.2) is 34.9 Å². The van der Waals surface area contributed by atoms with E-state index < -0.39 is 0 Å². The van der Waals surface area contributed by atoms with Gasteiger partial charge in [0.1, 0.15) is 5.76 Å². The largest absolute Gasteiger partial charge is 0.467 e. The predicted molar refractivity (Wildman–Crippen MR) is 79.8 cm³/mol. The number of amides is 3. The van der Waals surface area contributed by atoms with E-state index in [0.29, 0.717) is 18.8 Å². The fourth-order valence-corrected chi connectivity index (χ4v) is 2.46. The fourth-order valence-electron chi connectivity index (χ4n) is 1.63. The van der Waals surface area contributed by atoms with Crippen molar-refractivity contribution in [1.82, 2.24) is 16.0 Å². The van der Waals surface area contributed by atoms with Crippen molar-refractivity contribution >= 4 is 23.3 Å². The molecule has 2 heterocycles. The van der Waals surface area contributed by atoms with Crippen molar-refractivity contribution in [3.8, 4) is 0 Å². The van der Waals surface area contributed by atoms with E-state index in [1.165, 1.54) is 4.88 Å². The van der Waals surface area contributed by atoms with E-state index in [-0.39, 0.29) is 18.5 Å². The average molecular weight is 307 g/mol. The van der Waals surface area contributed by atoms with E-state index in [2.05, 4.69) is 16.0 Å². The summed E-state index contributed by atoms with van der Waals surface area (Å²) in [5.74, 6) is 0.398. The minimum Gasteiger partial charge on any atom is -0.467 e. The molecule has 0 spiro atoms. The van der Waals surface area contributed by atoms with Crippen molar-refractivity contribution < 1.29 is 14.0 Å². The van der Waals surface area contributed by atoms with Crippen molar-refractivity contribution in [2.24, 2.45) is 0 Å². The Hall–Kier alpha value is -2.28. The number of aryl methyl sites for hydroxylation is 1. The van der Waals surface area contributed by atoms with Crippen LogP contribution in [0.5, 0.6) is 0 Å². The first kappa shape index (κ1) is 15.1. The van der Waals surface area contributed by atoms with Gasteiger partial charge in [-0.1, -0.05) is 0 Å². The maximum absolute atomic E-state index is 11.5. The second-order valence-electron chi connectivity index (χ2n) is 4.40. The highest BCUT2D eigenvalue weighted by Crippen LogP contribution is 2.14. The standard InChI is InChI=1S/C14H17N3O3S/c1-10-4-5-12(21-10)8-16-14(19)17-9-13(18)15-7-11-3-2-6-20-11/h2-6H,7-9H2,1H3,(H,15,18)(H2,16,17,19). The molecular formula is C14H17N3O3S. The molecule has 6 nitrogen and oxygen atoms in total. The Labute approximate surface area is 126 Å². The zero-order valence-electron chi connectivity index (χ0n) is 11.6. The third-order valence-corrected chi connectivity index (χ3v) is 3.67. The molecule has 0 radical (unpaired) electrons. The molecule has 2 aromatic rings. The van der Waals surface area contributed by atoms with Gasteiger partial charge >= 0.3 is 6.03 Å². The van der Waals surface area contributed by atoms with Crippen molar-refractivity contribution in [1.29, 1.82) is 0 Å². The van der Waals surface area contributed by atoms with Crippen molar-refractivity contribution in [2.45, 2.75) is 20.0 Å². The Morgan fingerprint density at radius 2 is 2.00 bits per heavy atom. The summed E-state index contributed by atoms with van der Waals surface area (Å²) in [6.07, 6.45) is 1.54. The van der Waals surface area contributed by atoms with Crippen LogP contribution in [-0.2, 0) is 17.9 Å². The van der Waals surface area contributed by atoms with Gasteiger partial charge in [-0.15, -0.1) is 11.3 Å². The molecule has 112 valence electrons. The number of rotatable bonds is 6. The molecule has 0 unspecified atom stereocenters. The number of hydrogen-bond donors (Lipinski definition) is 3. The summed E-state index contributed by atoms with van der Waals surface area (Å²) in [6.45, 7) is 2.70. The van der Waals surface area contributed by atoms with Crippen LogP contribution in [0.4, 0.5) is 4.79 Å². The van der Waals surface area contributed by atoms with Gasteiger partial charge in [0.2, 0.25) is 5.91 Å². The Morgan fingerprint density at radius 1 is 1.14 bits per heavy atom. The van der Waals surface area contributed by atoms with Crippen LogP contribution in [0, 0.1) is 6.92 Å². The molecule has 0 saturated carbocycles. The number of nitrogens with one attached hydrogen (secondary N) is 3. The Kier molecular flexibility index (Phi) is 5.39. The molecule has 0 bridgehead atoms. The average Bonchev–Trinajstić information content (AvgIpc) is 3.12. The van der Waals surface area contributed by atoms with Crippen LogP contribution in [-0.4, -0.2) is 18.5 Å². The zero-order chi connectivity index (χ0) is 15.1. The highest BCUT2D eigenvalue weighted by atomic mass is 32.1. The third kappa shape index (κ3) is 5.31. The molecule has 0 aliphatic carbocycles. The molecule has 0 fully saturated rings. The second-order valence-corrected chi connectivity index (χ2v) is 5.78. The highest BCUT2D eigenvalue weighted by Gasteiger charge is 2.06. The van der Waals surface area contributed by atoms with Crippen molar-refractivity contribution in [3.05, 3.63) is 46.0 Å². The van der Waals surface area contributed by atoms with E-state index in [9.17, 15) is 9.59 Å². The van der Waals surface area contributed by atoms with Crippen LogP contribution in [0.2, 0.25) is 0 Å².